The molecular formula is C15H29N3O4. The number of rotatable bonds is 8. The Labute approximate surface area is 132 Å². The fourth-order valence-corrected chi connectivity index (χ4v) is 1.14. The maximum Gasteiger partial charge on any atom is 0.252 e. The molecule has 0 aromatic heterocycles. The molecule has 0 saturated carbocycles. The Bertz CT molecular complexity index is 350. The normalized spacial score (nSPS) is 12.3. The summed E-state index contributed by atoms with van der Waals surface area (Å²) in [6.07, 6.45) is -2.64. The minimum atomic E-state index is -1.73. The van der Waals surface area contributed by atoms with Crippen LogP contribution in [-0.4, -0.2) is 67.3 Å². The summed E-state index contributed by atoms with van der Waals surface area (Å²) in [5.74, 6) is 4.51. The van der Waals surface area contributed by atoms with Gasteiger partial charge in [0.15, 0.2) is 12.4 Å². The zero-order valence-corrected chi connectivity index (χ0v) is 13.8. The molecule has 2 unspecified atom stereocenters. The highest BCUT2D eigenvalue weighted by Crippen LogP contribution is 1.89. The molecule has 0 aliphatic heterocycles. The molecular weight excluding hydrogens is 286 g/mol. The Morgan fingerprint density at radius 2 is 1.86 bits per heavy atom. The average Bonchev–Trinajstić information content (AvgIpc) is 2.50. The fourth-order valence-electron chi connectivity index (χ4n) is 1.14. The zero-order chi connectivity index (χ0) is 17.4. The summed E-state index contributed by atoms with van der Waals surface area (Å²) in [6, 6.07) is 0.614. The largest absolute Gasteiger partial charge is 0.382 e. The van der Waals surface area contributed by atoms with Gasteiger partial charge in [-0.1, -0.05) is 26.7 Å². The van der Waals surface area contributed by atoms with Crippen molar-refractivity contribution < 1.29 is 19.8 Å². The van der Waals surface area contributed by atoms with Crippen molar-refractivity contribution in [3.63, 3.8) is 0 Å². The summed E-state index contributed by atoms with van der Waals surface area (Å²) in [4.78, 5) is 21.0. The van der Waals surface area contributed by atoms with E-state index in [-0.39, 0.29) is 12.8 Å². The third-order valence-electron chi connectivity index (χ3n) is 2.31. The van der Waals surface area contributed by atoms with Crippen LogP contribution in [0.25, 0.3) is 0 Å². The second kappa shape index (κ2) is 15.9. The molecule has 128 valence electrons. The van der Waals surface area contributed by atoms with E-state index < -0.39 is 18.1 Å². The first kappa shape index (κ1) is 22.8. The van der Waals surface area contributed by atoms with Gasteiger partial charge in [-0.3, -0.25) is 4.79 Å². The fraction of sp³-hybridized carbons (Fsp3) is 0.733. The highest BCUT2D eigenvalue weighted by molar-refractivity contribution is 5.84. The Kier molecular flexibility index (Phi) is 16.5. The molecule has 0 aromatic rings. The van der Waals surface area contributed by atoms with Crippen LogP contribution in [0.3, 0.4) is 0 Å². The van der Waals surface area contributed by atoms with Gasteiger partial charge >= 0.3 is 0 Å². The second-order valence-corrected chi connectivity index (χ2v) is 4.71. The quantitative estimate of drug-likeness (QED) is 0.215. The summed E-state index contributed by atoms with van der Waals surface area (Å²) in [7, 11) is 1.96. The van der Waals surface area contributed by atoms with Crippen molar-refractivity contribution in [3.05, 3.63) is 0 Å². The zero-order valence-electron chi connectivity index (χ0n) is 13.8. The van der Waals surface area contributed by atoms with E-state index in [0.29, 0.717) is 12.5 Å². The highest BCUT2D eigenvalue weighted by atomic mass is 16.3. The van der Waals surface area contributed by atoms with E-state index in [2.05, 4.69) is 41.6 Å². The molecule has 0 heterocycles. The molecule has 0 radical (unpaired) electrons. The number of nitrogens with one attached hydrogen (secondary N) is 3. The topological polar surface area (TPSA) is 111 Å². The third kappa shape index (κ3) is 14.9. The minimum absolute atomic E-state index is 0.0926. The van der Waals surface area contributed by atoms with Gasteiger partial charge in [-0.05, 0) is 7.05 Å². The highest BCUT2D eigenvalue weighted by Gasteiger charge is 2.22. The van der Waals surface area contributed by atoms with Crippen molar-refractivity contribution in [3.8, 4) is 11.8 Å². The summed E-state index contributed by atoms with van der Waals surface area (Å²) in [6.45, 7) is 8.37. The number of carbonyl (C=O) groups is 2. The predicted octanol–water partition coefficient (Wildman–Crippen LogP) is -1.36. The van der Waals surface area contributed by atoms with E-state index in [4.69, 9.17) is 10.2 Å². The van der Waals surface area contributed by atoms with Crippen molar-refractivity contribution in [2.45, 2.75) is 45.4 Å². The lowest BCUT2D eigenvalue weighted by atomic mass is 10.2. The number of aliphatic hydroxyl groups excluding tert-OH is 2. The molecule has 1 amide bonds. The monoisotopic (exact) mass is 315 g/mol. The van der Waals surface area contributed by atoms with Gasteiger partial charge in [-0.25, -0.2) is 0 Å². The number of hydrogen-bond acceptors (Lipinski definition) is 6. The van der Waals surface area contributed by atoms with Gasteiger partial charge in [0, 0.05) is 25.6 Å². The van der Waals surface area contributed by atoms with Crippen LogP contribution in [0.2, 0.25) is 0 Å². The molecule has 0 rings (SSSR count). The van der Waals surface area contributed by atoms with Crippen molar-refractivity contribution in [2.24, 2.45) is 0 Å². The standard InChI is InChI=1S/C9H13NO4.C6H16N2/c1-2-3-4-5-10-9(14)8(13)7(12)6-11;1-6(2)8-5-4-7-3/h6-8,12-13H,2,5H2,1H3,(H,10,14);6-8H,4-5H2,1-3H3. The summed E-state index contributed by atoms with van der Waals surface area (Å²) >= 11 is 0. The van der Waals surface area contributed by atoms with Gasteiger partial charge in [-0.2, -0.15) is 0 Å². The van der Waals surface area contributed by atoms with Crippen LogP contribution in [0.15, 0.2) is 0 Å². The number of hydrogen-bond donors (Lipinski definition) is 5. The summed E-state index contributed by atoms with van der Waals surface area (Å²) in [5, 5.41) is 26.4. The predicted molar refractivity (Wildman–Crippen MR) is 86.2 cm³/mol. The molecule has 0 aliphatic carbocycles. The summed E-state index contributed by atoms with van der Waals surface area (Å²) in [5.41, 5.74) is 0. The van der Waals surface area contributed by atoms with Crippen LogP contribution in [0.1, 0.15) is 27.2 Å². The molecule has 0 fully saturated rings. The van der Waals surface area contributed by atoms with Crippen molar-refractivity contribution in [2.75, 3.05) is 26.7 Å². The Morgan fingerprint density at radius 3 is 2.32 bits per heavy atom. The number of likely N-dealkylation sites (N-methyl/N-ethyl adjacent to an activating group) is 1. The van der Waals surface area contributed by atoms with E-state index >= 15 is 0 Å². The van der Waals surface area contributed by atoms with Gasteiger partial charge in [-0.15, -0.1) is 5.92 Å². The first-order chi connectivity index (χ1) is 10.4. The van der Waals surface area contributed by atoms with Gasteiger partial charge in [0.1, 0.15) is 6.10 Å². The SMILES string of the molecule is CCC#CCNC(=O)C(O)C(O)C=O.CNCCNC(C)C. The Balaban J connectivity index is 0. The smallest absolute Gasteiger partial charge is 0.252 e. The van der Waals surface area contributed by atoms with E-state index in [1.807, 2.05) is 14.0 Å². The second-order valence-electron chi connectivity index (χ2n) is 4.71. The molecule has 2 atom stereocenters. The molecule has 7 heteroatoms. The van der Waals surface area contributed by atoms with Gasteiger partial charge < -0.3 is 31.0 Å². The molecule has 0 aromatic carbocycles. The average molecular weight is 315 g/mol. The van der Waals surface area contributed by atoms with E-state index in [1.54, 1.807) is 0 Å². The van der Waals surface area contributed by atoms with Crippen LogP contribution >= 0.6 is 0 Å². The lowest BCUT2D eigenvalue weighted by molar-refractivity contribution is -0.139. The Hall–Kier alpha value is -1.46. The molecule has 0 saturated heterocycles. The van der Waals surface area contributed by atoms with E-state index in [0.717, 1.165) is 13.1 Å². The lowest BCUT2D eigenvalue weighted by Crippen LogP contribution is -2.42. The molecule has 7 nitrogen and oxygen atoms in total. The van der Waals surface area contributed by atoms with Crippen molar-refractivity contribution in [1.82, 2.24) is 16.0 Å². The summed E-state index contributed by atoms with van der Waals surface area (Å²) < 4.78 is 0. The lowest BCUT2D eigenvalue weighted by Gasteiger charge is -2.10. The van der Waals surface area contributed by atoms with E-state index in [1.165, 1.54) is 0 Å². The van der Waals surface area contributed by atoms with Crippen LogP contribution in [0.4, 0.5) is 0 Å². The number of carbonyl (C=O) groups excluding carboxylic acids is 2. The van der Waals surface area contributed by atoms with Crippen LogP contribution in [-0.2, 0) is 9.59 Å². The molecule has 0 bridgehead atoms. The molecule has 22 heavy (non-hydrogen) atoms. The maximum absolute atomic E-state index is 11.0. The first-order valence-electron chi connectivity index (χ1n) is 7.33. The number of amides is 1. The van der Waals surface area contributed by atoms with Gasteiger partial charge in [0.25, 0.3) is 5.91 Å². The third-order valence-corrected chi connectivity index (χ3v) is 2.31. The minimum Gasteiger partial charge on any atom is -0.382 e. The van der Waals surface area contributed by atoms with Gasteiger partial charge in [0.05, 0.1) is 6.54 Å². The van der Waals surface area contributed by atoms with Crippen molar-refractivity contribution >= 4 is 12.2 Å². The molecule has 0 aliphatic rings. The molecule has 5 N–H and O–H groups in total. The van der Waals surface area contributed by atoms with Gasteiger partial charge in [0.2, 0.25) is 0 Å². The van der Waals surface area contributed by atoms with Crippen LogP contribution in [0, 0.1) is 11.8 Å². The molecule has 0 spiro atoms. The Morgan fingerprint density at radius 1 is 1.23 bits per heavy atom. The maximum atomic E-state index is 11.0. The number of aldehydes is 1. The van der Waals surface area contributed by atoms with Crippen molar-refractivity contribution in [1.29, 1.82) is 0 Å². The first-order valence-corrected chi connectivity index (χ1v) is 7.33. The van der Waals surface area contributed by atoms with Crippen LogP contribution < -0.4 is 16.0 Å². The number of aliphatic hydroxyl groups is 2. The van der Waals surface area contributed by atoms with Crippen LogP contribution in [0.5, 0.6) is 0 Å². The van der Waals surface area contributed by atoms with E-state index in [9.17, 15) is 9.59 Å².